The van der Waals surface area contributed by atoms with Crippen LogP contribution in [-0.2, 0) is 7.05 Å². The summed E-state index contributed by atoms with van der Waals surface area (Å²) in [6.45, 7) is 3.96. The zero-order valence-corrected chi connectivity index (χ0v) is 9.14. The van der Waals surface area contributed by atoms with E-state index in [1.165, 1.54) is 0 Å². The summed E-state index contributed by atoms with van der Waals surface area (Å²) in [6.07, 6.45) is 1.01. The molecule has 1 unspecified atom stereocenters. The van der Waals surface area contributed by atoms with Gasteiger partial charge in [0.25, 0.3) is 0 Å². The van der Waals surface area contributed by atoms with Gasteiger partial charge in [-0.1, -0.05) is 11.8 Å². The lowest BCUT2D eigenvalue weighted by Crippen LogP contribution is -2.15. The van der Waals surface area contributed by atoms with E-state index in [1.807, 2.05) is 25.5 Å². The molecule has 0 aliphatic heterocycles. The fraction of sp³-hybridized carbons (Fsp3) is 0.750. The molecule has 1 aromatic rings. The lowest BCUT2D eigenvalue weighted by atomic mass is 10.3. The molecular formula is C8H16N4S. The maximum atomic E-state index is 5.64. The molecule has 0 fully saturated rings. The standard InChI is InChI=1S/C8H16N4S/c1-6(9)4-5-13-8-11-10-7(2)12(8)3/h6H,4-5,9H2,1-3H3. The van der Waals surface area contributed by atoms with Gasteiger partial charge in [-0.15, -0.1) is 10.2 Å². The van der Waals surface area contributed by atoms with Crippen LogP contribution in [0.2, 0.25) is 0 Å². The molecule has 0 saturated heterocycles. The Morgan fingerprint density at radius 1 is 1.54 bits per heavy atom. The molecule has 0 aliphatic carbocycles. The molecule has 0 saturated carbocycles. The van der Waals surface area contributed by atoms with E-state index in [4.69, 9.17) is 5.73 Å². The molecule has 1 aromatic heterocycles. The Bertz CT molecular complexity index is 269. The van der Waals surface area contributed by atoms with Gasteiger partial charge in [-0.2, -0.15) is 0 Å². The van der Waals surface area contributed by atoms with Gasteiger partial charge in [0, 0.05) is 18.8 Å². The number of thioether (sulfide) groups is 1. The predicted molar refractivity (Wildman–Crippen MR) is 54.7 cm³/mol. The third-order valence-corrected chi connectivity index (χ3v) is 2.91. The minimum absolute atomic E-state index is 0.266. The first kappa shape index (κ1) is 10.5. The van der Waals surface area contributed by atoms with Crippen LogP contribution < -0.4 is 5.73 Å². The molecule has 0 aliphatic rings. The average molecular weight is 200 g/mol. The van der Waals surface area contributed by atoms with Gasteiger partial charge in [0.15, 0.2) is 5.16 Å². The summed E-state index contributed by atoms with van der Waals surface area (Å²) in [5.74, 6) is 1.95. The van der Waals surface area contributed by atoms with Gasteiger partial charge < -0.3 is 10.3 Å². The fourth-order valence-corrected chi connectivity index (χ4v) is 1.95. The summed E-state index contributed by atoms with van der Waals surface area (Å²) in [6, 6.07) is 0.266. The molecule has 0 aromatic carbocycles. The van der Waals surface area contributed by atoms with Gasteiger partial charge in [0.1, 0.15) is 5.82 Å². The second kappa shape index (κ2) is 4.62. The van der Waals surface area contributed by atoms with E-state index in [2.05, 4.69) is 10.2 Å². The molecule has 74 valence electrons. The maximum Gasteiger partial charge on any atom is 0.190 e. The number of aromatic nitrogens is 3. The molecular weight excluding hydrogens is 184 g/mol. The molecule has 2 N–H and O–H groups in total. The summed E-state index contributed by atoms with van der Waals surface area (Å²) in [5, 5.41) is 8.99. The molecule has 1 atom stereocenters. The number of nitrogens with two attached hydrogens (primary N) is 1. The Labute approximate surface area is 82.9 Å². The summed E-state index contributed by atoms with van der Waals surface area (Å²) >= 11 is 1.71. The SMILES string of the molecule is Cc1nnc(SCCC(C)N)n1C. The molecule has 1 heterocycles. The lowest BCUT2D eigenvalue weighted by Gasteiger charge is -2.03. The second-order valence-electron chi connectivity index (χ2n) is 3.20. The molecule has 4 nitrogen and oxygen atoms in total. The molecule has 13 heavy (non-hydrogen) atoms. The number of hydrogen-bond donors (Lipinski definition) is 1. The highest BCUT2D eigenvalue weighted by molar-refractivity contribution is 7.99. The molecule has 0 amide bonds. The molecule has 0 radical (unpaired) electrons. The van der Waals surface area contributed by atoms with Crippen LogP contribution in [0.5, 0.6) is 0 Å². The minimum Gasteiger partial charge on any atom is -0.328 e. The number of rotatable bonds is 4. The van der Waals surface area contributed by atoms with Crippen molar-refractivity contribution in [3.05, 3.63) is 5.82 Å². The van der Waals surface area contributed by atoms with Crippen LogP contribution in [-0.4, -0.2) is 26.6 Å². The van der Waals surface area contributed by atoms with Crippen molar-refractivity contribution in [3.8, 4) is 0 Å². The van der Waals surface area contributed by atoms with E-state index in [9.17, 15) is 0 Å². The second-order valence-corrected chi connectivity index (χ2v) is 4.27. The Balaban J connectivity index is 2.41. The van der Waals surface area contributed by atoms with Crippen molar-refractivity contribution in [3.63, 3.8) is 0 Å². The van der Waals surface area contributed by atoms with Crippen molar-refractivity contribution in [2.75, 3.05) is 5.75 Å². The molecule has 0 spiro atoms. The van der Waals surface area contributed by atoms with Crippen molar-refractivity contribution in [2.24, 2.45) is 12.8 Å². The van der Waals surface area contributed by atoms with Crippen LogP contribution in [0.15, 0.2) is 5.16 Å². The highest BCUT2D eigenvalue weighted by Gasteiger charge is 2.05. The fourth-order valence-electron chi connectivity index (χ4n) is 0.850. The van der Waals surface area contributed by atoms with Crippen LogP contribution in [0.25, 0.3) is 0 Å². The number of aryl methyl sites for hydroxylation is 1. The van der Waals surface area contributed by atoms with E-state index in [-0.39, 0.29) is 6.04 Å². The largest absolute Gasteiger partial charge is 0.328 e. The van der Waals surface area contributed by atoms with Crippen molar-refractivity contribution in [1.82, 2.24) is 14.8 Å². The zero-order chi connectivity index (χ0) is 9.84. The smallest absolute Gasteiger partial charge is 0.190 e. The van der Waals surface area contributed by atoms with E-state index < -0.39 is 0 Å². The number of hydrogen-bond acceptors (Lipinski definition) is 4. The number of nitrogens with zero attached hydrogens (tertiary/aromatic N) is 3. The first-order valence-corrected chi connectivity index (χ1v) is 5.34. The van der Waals surface area contributed by atoms with E-state index in [0.29, 0.717) is 0 Å². The van der Waals surface area contributed by atoms with Crippen molar-refractivity contribution in [2.45, 2.75) is 31.5 Å². The highest BCUT2D eigenvalue weighted by Crippen LogP contribution is 2.16. The zero-order valence-electron chi connectivity index (χ0n) is 8.32. The molecule has 0 bridgehead atoms. The van der Waals surface area contributed by atoms with Gasteiger partial charge in [-0.25, -0.2) is 0 Å². The Morgan fingerprint density at radius 3 is 2.69 bits per heavy atom. The Morgan fingerprint density at radius 2 is 2.23 bits per heavy atom. The molecule has 5 heteroatoms. The first-order chi connectivity index (χ1) is 6.11. The predicted octanol–water partition coefficient (Wildman–Crippen LogP) is 0.953. The van der Waals surface area contributed by atoms with Crippen LogP contribution in [0.1, 0.15) is 19.2 Å². The summed E-state index contributed by atoms with van der Waals surface area (Å²) in [7, 11) is 1.98. The normalized spacial score (nSPS) is 13.2. The van der Waals surface area contributed by atoms with E-state index in [1.54, 1.807) is 11.8 Å². The van der Waals surface area contributed by atoms with Crippen LogP contribution in [0.4, 0.5) is 0 Å². The van der Waals surface area contributed by atoms with Crippen molar-refractivity contribution >= 4 is 11.8 Å². The van der Waals surface area contributed by atoms with Crippen LogP contribution >= 0.6 is 11.8 Å². The van der Waals surface area contributed by atoms with E-state index >= 15 is 0 Å². The third-order valence-electron chi connectivity index (χ3n) is 1.86. The molecule has 1 rings (SSSR count). The summed E-state index contributed by atoms with van der Waals surface area (Å²) in [5.41, 5.74) is 5.64. The highest BCUT2D eigenvalue weighted by atomic mass is 32.2. The van der Waals surface area contributed by atoms with Crippen molar-refractivity contribution < 1.29 is 0 Å². The topological polar surface area (TPSA) is 56.7 Å². The third kappa shape index (κ3) is 3.00. The Kier molecular flexibility index (Phi) is 3.74. The monoisotopic (exact) mass is 200 g/mol. The average Bonchev–Trinajstić information content (AvgIpc) is 2.35. The van der Waals surface area contributed by atoms with Crippen LogP contribution in [0, 0.1) is 6.92 Å². The van der Waals surface area contributed by atoms with Crippen molar-refractivity contribution in [1.29, 1.82) is 0 Å². The van der Waals surface area contributed by atoms with Gasteiger partial charge >= 0.3 is 0 Å². The maximum absolute atomic E-state index is 5.64. The quantitative estimate of drug-likeness (QED) is 0.735. The van der Waals surface area contributed by atoms with Gasteiger partial charge in [0.05, 0.1) is 0 Å². The first-order valence-electron chi connectivity index (χ1n) is 4.35. The Hall–Kier alpha value is -0.550. The minimum atomic E-state index is 0.266. The summed E-state index contributed by atoms with van der Waals surface area (Å²) < 4.78 is 1.99. The van der Waals surface area contributed by atoms with Gasteiger partial charge in [-0.05, 0) is 20.3 Å². The van der Waals surface area contributed by atoms with Gasteiger partial charge in [0.2, 0.25) is 0 Å². The van der Waals surface area contributed by atoms with Gasteiger partial charge in [-0.3, -0.25) is 0 Å². The summed E-state index contributed by atoms with van der Waals surface area (Å²) in [4.78, 5) is 0. The van der Waals surface area contributed by atoms with E-state index in [0.717, 1.165) is 23.2 Å². The van der Waals surface area contributed by atoms with Crippen LogP contribution in [0.3, 0.4) is 0 Å². The lowest BCUT2D eigenvalue weighted by molar-refractivity contribution is 0.716.